The van der Waals surface area contributed by atoms with Crippen LogP contribution >= 0.6 is 0 Å². The Hall–Kier alpha value is -1.56. The van der Waals surface area contributed by atoms with Crippen LogP contribution in [0.4, 0.5) is 4.79 Å². The lowest BCUT2D eigenvalue weighted by Gasteiger charge is -2.25. The summed E-state index contributed by atoms with van der Waals surface area (Å²) in [7, 11) is 1.55. The predicted octanol–water partition coefficient (Wildman–Crippen LogP) is 0.940. The van der Waals surface area contributed by atoms with E-state index in [-0.39, 0.29) is 6.03 Å². The Morgan fingerprint density at radius 1 is 1.50 bits per heavy atom. The molecule has 0 aliphatic heterocycles. The maximum Gasteiger partial charge on any atom is 0.317 e. The fourth-order valence-electron chi connectivity index (χ4n) is 1.26. The monoisotopic (exact) mass is 258 g/mol. The van der Waals surface area contributed by atoms with Gasteiger partial charge in [-0.2, -0.15) is 0 Å². The molecule has 0 aromatic heterocycles. The molecule has 0 fully saturated rings. The van der Waals surface area contributed by atoms with Crippen molar-refractivity contribution in [3.63, 3.8) is 0 Å². The van der Waals surface area contributed by atoms with Crippen LogP contribution < -0.4 is 5.32 Å². The maximum atomic E-state index is 11.9. The molecule has 0 aromatic rings. The molecule has 0 bridgehead atoms. The topological polar surface area (TPSA) is 78.9 Å². The van der Waals surface area contributed by atoms with Crippen LogP contribution in [0.5, 0.6) is 0 Å². The van der Waals surface area contributed by atoms with Gasteiger partial charge in [0.15, 0.2) is 0 Å². The quantitative estimate of drug-likeness (QED) is 0.635. The summed E-state index contributed by atoms with van der Waals surface area (Å²) in [5, 5.41) is 11.5. The van der Waals surface area contributed by atoms with Crippen LogP contribution in [0.25, 0.3) is 0 Å². The van der Waals surface area contributed by atoms with Crippen LogP contribution in [-0.4, -0.2) is 54.9 Å². The molecule has 0 radical (unpaired) electrons. The van der Waals surface area contributed by atoms with Crippen molar-refractivity contribution in [2.24, 2.45) is 5.92 Å². The van der Waals surface area contributed by atoms with E-state index in [0.29, 0.717) is 19.7 Å². The van der Waals surface area contributed by atoms with Gasteiger partial charge >= 0.3 is 12.0 Å². The first kappa shape index (κ1) is 16.4. The minimum absolute atomic E-state index is 0.312. The molecule has 0 spiro atoms. The minimum Gasteiger partial charge on any atom is -0.481 e. The van der Waals surface area contributed by atoms with Gasteiger partial charge in [-0.3, -0.25) is 4.79 Å². The molecule has 6 nitrogen and oxygen atoms in total. The molecular formula is C12H22N2O4. The third-order valence-electron chi connectivity index (χ3n) is 2.69. The Labute approximate surface area is 108 Å². The Bertz CT molecular complexity index is 294. The van der Waals surface area contributed by atoms with Crippen LogP contribution in [0.15, 0.2) is 12.7 Å². The second-order valence-electron chi connectivity index (χ2n) is 4.09. The zero-order valence-electron chi connectivity index (χ0n) is 11.2. The van der Waals surface area contributed by atoms with E-state index in [2.05, 4.69) is 11.9 Å². The zero-order chi connectivity index (χ0) is 14.1. The van der Waals surface area contributed by atoms with Crippen molar-refractivity contribution in [2.45, 2.75) is 19.9 Å². The molecule has 18 heavy (non-hydrogen) atoms. The summed E-state index contributed by atoms with van der Waals surface area (Å²) in [5.74, 6) is -1.57. The van der Waals surface area contributed by atoms with E-state index in [1.165, 1.54) is 4.90 Å². The summed E-state index contributed by atoms with van der Waals surface area (Å²) in [6.45, 7) is 8.04. The number of carbonyl (C=O) groups is 2. The molecule has 2 N–H and O–H groups in total. The van der Waals surface area contributed by atoms with Crippen molar-refractivity contribution in [2.75, 3.05) is 26.8 Å². The lowest BCUT2D eigenvalue weighted by Crippen LogP contribution is -2.48. The fourth-order valence-corrected chi connectivity index (χ4v) is 1.26. The number of carbonyl (C=O) groups excluding carboxylic acids is 1. The zero-order valence-corrected chi connectivity index (χ0v) is 11.2. The van der Waals surface area contributed by atoms with Gasteiger partial charge < -0.3 is 20.1 Å². The first-order valence-electron chi connectivity index (χ1n) is 5.82. The van der Waals surface area contributed by atoms with Crippen molar-refractivity contribution in [3.05, 3.63) is 12.7 Å². The Kier molecular flexibility index (Phi) is 7.78. The summed E-state index contributed by atoms with van der Waals surface area (Å²) in [5.41, 5.74) is 0. The highest BCUT2D eigenvalue weighted by Gasteiger charge is 2.22. The van der Waals surface area contributed by atoms with Crippen LogP contribution in [0, 0.1) is 5.92 Å². The van der Waals surface area contributed by atoms with Crippen LogP contribution in [0.2, 0.25) is 0 Å². The highest BCUT2D eigenvalue weighted by Crippen LogP contribution is 2.03. The average Bonchev–Trinajstić information content (AvgIpc) is 2.32. The Balaban J connectivity index is 4.39. The SMILES string of the molecule is C=CCN(CCOC)C(=O)NC(C)C(C)C(=O)O. The third-order valence-corrected chi connectivity index (χ3v) is 2.69. The minimum atomic E-state index is -0.935. The molecule has 0 saturated carbocycles. The van der Waals surface area contributed by atoms with E-state index in [4.69, 9.17) is 9.84 Å². The Morgan fingerprint density at radius 3 is 2.56 bits per heavy atom. The molecule has 6 heteroatoms. The Morgan fingerprint density at radius 2 is 2.11 bits per heavy atom. The summed E-state index contributed by atoms with van der Waals surface area (Å²) >= 11 is 0. The summed E-state index contributed by atoms with van der Waals surface area (Å²) in [4.78, 5) is 24.2. The maximum absolute atomic E-state index is 11.9. The summed E-state index contributed by atoms with van der Waals surface area (Å²) in [6.07, 6.45) is 1.61. The molecule has 0 aromatic carbocycles. The number of hydrogen-bond acceptors (Lipinski definition) is 3. The van der Waals surface area contributed by atoms with Gasteiger partial charge in [0.1, 0.15) is 0 Å². The largest absolute Gasteiger partial charge is 0.481 e. The van der Waals surface area contributed by atoms with Crippen LogP contribution in [-0.2, 0) is 9.53 Å². The predicted molar refractivity (Wildman–Crippen MR) is 68.4 cm³/mol. The number of carboxylic acids is 1. The molecule has 0 aliphatic rings. The van der Waals surface area contributed by atoms with E-state index >= 15 is 0 Å². The van der Waals surface area contributed by atoms with E-state index in [1.807, 2.05) is 0 Å². The van der Waals surface area contributed by atoms with Crippen LogP contribution in [0.3, 0.4) is 0 Å². The molecule has 2 atom stereocenters. The average molecular weight is 258 g/mol. The summed E-state index contributed by atoms with van der Waals surface area (Å²) < 4.78 is 4.91. The number of nitrogens with zero attached hydrogens (tertiary/aromatic N) is 1. The highest BCUT2D eigenvalue weighted by molar-refractivity contribution is 5.76. The van der Waals surface area contributed by atoms with Crippen molar-refractivity contribution < 1.29 is 19.4 Å². The molecule has 0 heterocycles. The standard InChI is InChI=1S/C12H22N2O4/c1-5-6-14(7-8-18-4)12(17)13-10(3)9(2)11(15)16/h5,9-10H,1,6-8H2,2-4H3,(H,13,17)(H,15,16). The number of carboxylic acid groups (broad SMARTS) is 1. The number of nitrogens with one attached hydrogen (secondary N) is 1. The van der Waals surface area contributed by atoms with E-state index < -0.39 is 17.9 Å². The van der Waals surface area contributed by atoms with Gasteiger partial charge in [0, 0.05) is 26.2 Å². The van der Waals surface area contributed by atoms with Gasteiger partial charge in [0.25, 0.3) is 0 Å². The molecule has 2 amide bonds. The lowest BCUT2D eigenvalue weighted by molar-refractivity contribution is -0.141. The number of urea groups is 1. The second-order valence-corrected chi connectivity index (χ2v) is 4.09. The van der Waals surface area contributed by atoms with Crippen molar-refractivity contribution in [1.82, 2.24) is 10.2 Å². The molecule has 0 rings (SSSR count). The van der Waals surface area contributed by atoms with Gasteiger partial charge in [-0.05, 0) is 13.8 Å². The summed E-state index contributed by atoms with van der Waals surface area (Å²) in [6, 6.07) is -0.752. The fraction of sp³-hybridized carbons (Fsp3) is 0.667. The third kappa shape index (κ3) is 5.67. The van der Waals surface area contributed by atoms with Crippen molar-refractivity contribution >= 4 is 12.0 Å². The molecule has 2 unspecified atom stereocenters. The van der Waals surface area contributed by atoms with E-state index in [0.717, 1.165) is 0 Å². The van der Waals surface area contributed by atoms with Gasteiger partial charge in [-0.1, -0.05) is 6.08 Å². The molecule has 0 saturated heterocycles. The number of aliphatic carboxylic acids is 1. The first-order valence-corrected chi connectivity index (χ1v) is 5.82. The molecule has 0 aliphatic carbocycles. The highest BCUT2D eigenvalue weighted by atomic mass is 16.5. The van der Waals surface area contributed by atoms with E-state index in [9.17, 15) is 9.59 Å². The van der Waals surface area contributed by atoms with Crippen molar-refractivity contribution in [3.8, 4) is 0 Å². The van der Waals surface area contributed by atoms with Gasteiger partial charge in [-0.15, -0.1) is 6.58 Å². The molecular weight excluding hydrogens is 236 g/mol. The normalized spacial score (nSPS) is 13.5. The van der Waals surface area contributed by atoms with Crippen LogP contribution in [0.1, 0.15) is 13.8 Å². The van der Waals surface area contributed by atoms with Crippen molar-refractivity contribution in [1.29, 1.82) is 0 Å². The smallest absolute Gasteiger partial charge is 0.317 e. The number of amides is 2. The number of rotatable bonds is 8. The van der Waals surface area contributed by atoms with E-state index in [1.54, 1.807) is 27.0 Å². The first-order chi connectivity index (χ1) is 8.43. The number of ether oxygens (including phenoxy) is 1. The second kappa shape index (κ2) is 8.52. The molecule has 104 valence electrons. The number of methoxy groups -OCH3 is 1. The van der Waals surface area contributed by atoms with Gasteiger partial charge in [0.05, 0.1) is 12.5 Å². The van der Waals surface area contributed by atoms with Gasteiger partial charge in [-0.25, -0.2) is 4.79 Å². The van der Waals surface area contributed by atoms with Gasteiger partial charge in [0.2, 0.25) is 0 Å². The number of hydrogen-bond donors (Lipinski definition) is 2. The lowest BCUT2D eigenvalue weighted by atomic mass is 10.0.